The van der Waals surface area contributed by atoms with Gasteiger partial charge in [0.05, 0.1) is 5.69 Å². The Morgan fingerprint density at radius 1 is 0.882 bits per heavy atom. The third-order valence-electron chi connectivity index (χ3n) is 8.16. The third-order valence-corrected chi connectivity index (χ3v) is 9.80. The van der Waals surface area contributed by atoms with E-state index in [9.17, 15) is 9.59 Å². The zero-order chi connectivity index (χ0) is 23.1. The molecule has 1 unspecified atom stereocenters. The molecule has 4 atom stereocenters. The Hall–Kier alpha value is -3.09. The normalized spacial score (nSPS) is 31.3. The largest absolute Gasteiger partial charge is 0.324 e. The van der Waals surface area contributed by atoms with Crippen molar-refractivity contribution >= 4 is 35.0 Å². The Balaban J connectivity index is 1.57. The quantitative estimate of drug-likeness (QED) is 0.535. The molecule has 2 saturated heterocycles. The molecule has 0 aromatic heterocycles. The zero-order valence-corrected chi connectivity index (χ0v) is 19.7. The molecule has 7 rings (SSSR count). The molecule has 3 aromatic rings. The molecule has 2 amide bonds. The summed E-state index contributed by atoms with van der Waals surface area (Å²) in [6.45, 7) is 2.88. The molecular formula is C28H25N3O2S. The smallest absolute Gasteiger partial charge is 0.251 e. The van der Waals surface area contributed by atoms with Gasteiger partial charge >= 0.3 is 0 Å². The van der Waals surface area contributed by atoms with E-state index in [1.165, 1.54) is 5.56 Å². The van der Waals surface area contributed by atoms with Crippen LogP contribution in [0.2, 0.25) is 0 Å². The van der Waals surface area contributed by atoms with E-state index >= 15 is 0 Å². The van der Waals surface area contributed by atoms with Gasteiger partial charge in [0, 0.05) is 28.1 Å². The van der Waals surface area contributed by atoms with Gasteiger partial charge in [-0.05, 0) is 50.1 Å². The van der Waals surface area contributed by atoms with E-state index in [1.54, 1.807) is 11.8 Å². The van der Waals surface area contributed by atoms with Crippen molar-refractivity contribution < 1.29 is 9.59 Å². The number of hydrogen-bond acceptors (Lipinski definition) is 4. The van der Waals surface area contributed by atoms with Crippen LogP contribution in [0.25, 0.3) is 0 Å². The summed E-state index contributed by atoms with van der Waals surface area (Å²) in [5.74, 6) is -0.300. The Labute approximate surface area is 202 Å². The first kappa shape index (κ1) is 20.3. The second-order valence-electron chi connectivity index (χ2n) is 9.79. The van der Waals surface area contributed by atoms with Crippen LogP contribution in [0.1, 0.15) is 35.4 Å². The van der Waals surface area contributed by atoms with Crippen LogP contribution in [0.15, 0.2) is 77.7 Å². The second-order valence-corrected chi connectivity index (χ2v) is 11.1. The van der Waals surface area contributed by atoms with Crippen molar-refractivity contribution in [3.8, 4) is 0 Å². The fourth-order valence-electron chi connectivity index (χ4n) is 6.93. The van der Waals surface area contributed by atoms with Crippen LogP contribution in [-0.2, 0) is 15.1 Å². The monoisotopic (exact) mass is 467 g/mol. The summed E-state index contributed by atoms with van der Waals surface area (Å²) in [5.41, 5.74) is 3.78. The van der Waals surface area contributed by atoms with Gasteiger partial charge in [0.1, 0.15) is 4.75 Å². The van der Waals surface area contributed by atoms with Gasteiger partial charge in [-0.3, -0.25) is 14.5 Å². The van der Waals surface area contributed by atoms with E-state index in [0.717, 1.165) is 46.8 Å². The van der Waals surface area contributed by atoms with Crippen LogP contribution in [-0.4, -0.2) is 34.0 Å². The lowest BCUT2D eigenvalue weighted by Crippen LogP contribution is -2.64. The maximum atomic E-state index is 14.4. The lowest BCUT2D eigenvalue weighted by Gasteiger charge is -2.47. The van der Waals surface area contributed by atoms with Crippen molar-refractivity contribution in [3.05, 3.63) is 89.5 Å². The lowest BCUT2D eigenvalue weighted by molar-refractivity contribution is -0.133. The molecule has 0 aliphatic carbocycles. The third kappa shape index (κ3) is 2.30. The molecule has 0 radical (unpaired) electrons. The fourth-order valence-corrected chi connectivity index (χ4v) is 8.68. The molecule has 4 heterocycles. The molecule has 2 spiro atoms. The van der Waals surface area contributed by atoms with Crippen LogP contribution in [0.5, 0.6) is 0 Å². The molecule has 34 heavy (non-hydrogen) atoms. The highest BCUT2D eigenvalue weighted by Crippen LogP contribution is 2.69. The molecule has 0 saturated carbocycles. The topological polar surface area (TPSA) is 61.4 Å². The summed E-state index contributed by atoms with van der Waals surface area (Å²) in [6.07, 6.45) is 1.98. The number of aryl methyl sites for hydroxylation is 1. The fraction of sp³-hybridized carbons (Fsp3) is 0.286. The van der Waals surface area contributed by atoms with E-state index in [1.807, 2.05) is 42.5 Å². The lowest BCUT2D eigenvalue weighted by atomic mass is 9.70. The number of carbonyl (C=O) groups is 2. The summed E-state index contributed by atoms with van der Waals surface area (Å²) < 4.78 is -1.04. The highest BCUT2D eigenvalue weighted by molar-refractivity contribution is 8.02. The van der Waals surface area contributed by atoms with Crippen molar-refractivity contribution in [2.45, 2.75) is 46.9 Å². The number of rotatable bonds is 1. The van der Waals surface area contributed by atoms with Crippen LogP contribution >= 0.6 is 11.8 Å². The second kappa shape index (κ2) is 6.96. The highest BCUT2D eigenvalue weighted by Gasteiger charge is 2.79. The molecule has 6 heteroatoms. The van der Waals surface area contributed by atoms with Crippen molar-refractivity contribution in [2.75, 3.05) is 17.2 Å². The average Bonchev–Trinajstić information content (AvgIpc) is 3.49. The van der Waals surface area contributed by atoms with Gasteiger partial charge in [-0.25, -0.2) is 0 Å². The average molecular weight is 468 g/mol. The number of anilines is 2. The number of carbonyl (C=O) groups excluding carboxylic acids is 2. The maximum Gasteiger partial charge on any atom is 0.251 e. The van der Waals surface area contributed by atoms with Crippen molar-refractivity contribution in [2.24, 2.45) is 0 Å². The first-order valence-corrected chi connectivity index (χ1v) is 12.7. The minimum Gasteiger partial charge on any atom is -0.324 e. The molecule has 2 N–H and O–H groups in total. The molecule has 2 fully saturated rings. The number of hydrogen-bond donors (Lipinski definition) is 2. The SMILES string of the molecule is Cc1ccc([C@H]2C3CCCN3[C@@]3(C(=O)Nc4ccccc43)[C@@]23Sc2ccccc2NC3=O)cc1. The standard InChI is InChI=1S/C28H25N3O2S/c1-17-12-14-18(15-13-17)24-22-10-6-16-31(22)27(19-7-2-3-8-20(19)29-25(27)32)28(24)26(33)30-21-9-4-5-11-23(21)34-28/h2-5,7-9,11-15,22,24H,6,10,16H2,1H3,(H,29,32)(H,30,33)/t22?,24-,27-,28+/m0/s1. The Bertz CT molecular complexity index is 1360. The van der Waals surface area contributed by atoms with Crippen LogP contribution < -0.4 is 10.6 Å². The van der Waals surface area contributed by atoms with Crippen molar-refractivity contribution in [1.82, 2.24) is 4.90 Å². The summed E-state index contributed by atoms with van der Waals surface area (Å²) >= 11 is 1.59. The molecule has 170 valence electrons. The van der Waals surface area contributed by atoms with Crippen LogP contribution in [0.4, 0.5) is 11.4 Å². The molecule has 5 nitrogen and oxygen atoms in total. The van der Waals surface area contributed by atoms with Crippen molar-refractivity contribution in [3.63, 3.8) is 0 Å². The Morgan fingerprint density at radius 2 is 1.59 bits per heavy atom. The minimum absolute atomic E-state index is 0.0805. The zero-order valence-electron chi connectivity index (χ0n) is 18.9. The van der Waals surface area contributed by atoms with Gasteiger partial charge in [-0.1, -0.05) is 60.2 Å². The van der Waals surface area contributed by atoms with Gasteiger partial charge in [0.15, 0.2) is 5.54 Å². The number of benzene rings is 3. The number of nitrogens with zero attached hydrogens (tertiary/aromatic N) is 1. The number of nitrogens with one attached hydrogen (secondary N) is 2. The van der Waals surface area contributed by atoms with E-state index in [4.69, 9.17) is 0 Å². The minimum atomic E-state index is -1.08. The van der Waals surface area contributed by atoms with Crippen molar-refractivity contribution in [1.29, 1.82) is 0 Å². The maximum absolute atomic E-state index is 14.4. The van der Waals surface area contributed by atoms with Crippen LogP contribution in [0, 0.1) is 6.92 Å². The molecule has 4 aliphatic heterocycles. The number of amides is 2. The van der Waals surface area contributed by atoms with Crippen LogP contribution in [0.3, 0.4) is 0 Å². The number of thioether (sulfide) groups is 1. The first-order chi connectivity index (χ1) is 16.6. The highest BCUT2D eigenvalue weighted by atomic mass is 32.2. The number of fused-ring (bicyclic) bond motifs is 6. The first-order valence-electron chi connectivity index (χ1n) is 11.9. The van der Waals surface area contributed by atoms with E-state index in [2.05, 4.69) is 52.8 Å². The van der Waals surface area contributed by atoms with Gasteiger partial charge in [-0.2, -0.15) is 0 Å². The molecular weight excluding hydrogens is 442 g/mol. The summed E-state index contributed by atoms with van der Waals surface area (Å²) in [6, 6.07) is 24.5. The van der Waals surface area contributed by atoms with E-state index < -0.39 is 10.3 Å². The van der Waals surface area contributed by atoms with E-state index in [-0.39, 0.29) is 23.8 Å². The molecule has 0 bridgehead atoms. The summed E-state index contributed by atoms with van der Waals surface area (Å²) in [5, 5.41) is 6.40. The Morgan fingerprint density at radius 3 is 2.41 bits per heavy atom. The van der Waals surface area contributed by atoms with Gasteiger partial charge < -0.3 is 10.6 Å². The van der Waals surface area contributed by atoms with E-state index in [0.29, 0.717) is 0 Å². The number of para-hydroxylation sites is 2. The predicted molar refractivity (Wildman–Crippen MR) is 134 cm³/mol. The molecule has 4 aliphatic rings. The predicted octanol–water partition coefficient (Wildman–Crippen LogP) is 4.89. The summed E-state index contributed by atoms with van der Waals surface area (Å²) in [7, 11) is 0. The van der Waals surface area contributed by atoms with Gasteiger partial charge in [-0.15, -0.1) is 11.8 Å². The Kier molecular flexibility index (Phi) is 4.16. The summed E-state index contributed by atoms with van der Waals surface area (Å²) in [4.78, 5) is 32.0. The van der Waals surface area contributed by atoms with Gasteiger partial charge in [0.25, 0.3) is 5.91 Å². The molecule has 3 aromatic carbocycles. The van der Waals surface area contributed by atoms with Gasteiger partial charge in [0.2, 0.25) is 5.91 Å².